The molecule has 2 unspecified atom stereocenters. The Bertz CT molecular complexity index is 2010. The SMILES string of the molecule is COc1c(F)cc(C(NC(=O)N2CCN(CCCN)C(=O)C2=O)C(=O)NC(Cc2ccc(F)c(C(=O)O)c2OC)B2O[C@@H]3C[C@@H]4C[C@@H](C4(C)C)[C@]3(C)O2)c(Cl)c1OC. The van der Waals surface area contributed by atoms with Gasteiger partial charge in [0.2, 0.25) is 5.91 Å². The van der Waals surface area contributed by atoms with Crippen molar-refractivity contribution in [2.24, 2.45) is 23.0 Å². The maximum atomic E-state index is 15.6. The van der Waals surface area contributed by atoms with E-state index in [-0.39, 0.29) is 77.7 Å². The average Bonchev–Trinajstić information content (AvgIpc) is 3.55. The van der Waals surface area contributed by atoms with Gasteiger partial charge in [-0.1, -0.05) is 31.5 Å². The van der Waals surface area contributed by atoms with Crippen molar-refractivity contribution in [3.8, 4) is 17.2 Å². The fourth-order valence-corrected chi connectivity index (χ4v) is 9.35. The Hall–Kier alpha value is -4.72. The number of halogens is 3. The Morgan fingerprint density at radius 2 is 1.71 bits per heavy atom. The minimum absolute atomic E-state index is 0.00451. The van der Waals surface area contributed by atoms with Crippen molar-refractivity contribution in [1.29, 1.82) is 0 Å². The third-order valence-electron chi connectivity index (χ3n) is 12.3. The third kappa shape index (κ3) is 7.41. The van der Waals surface area contributed by atoms with Gasteiger partial charge in [-0.05, 0) is 74.1 Å². The molecular weight excluding hydrogens is 787 g/mol. The fraction of sp³-hybridized carbons (Fsp3) is 0.553. The summed E-state index contributed by atoms with van der Waals surface area (Å²) in [5.74, 6) is -8.51. The van der Waals surface area contributed by atoms with Gasteiger partial charge in [-0.25, -0.2) is 18.4 Å². The Labute approximate surface area is 339 Å². The number of carboxylic acid groups (broad SMARTS) is 1. The number of hydrogen-bond acceptors (Lipinski definition) is 11. The molecule has 2 saturated heterocycles. The summed E-state index contributed by atoms with van der Waals surface area (Å²) in [5, 5.41) is 14.8. The van der Waals surface area contributed by atoms with Gasteiger partial charge in [-0.3, -0.25) is 19.3 Å². The van der Waals surface area contributed by atoms with E-state index in [0.717, 1.165) is 18.6 Å². The second kappa shape index (κ2) is 16.5. The van der Waals surface area contributed by atoms with Gasteiger partial charge < -0.3 is 49.9 Å². The van der Waals surface area contributed by atoms with Crippen LogP contribution in [-0.4, -0.2) is 117 Å². The molecule has 2 bridgehead atoms. The average molecular weight is 834 g/mol. The van der Waals surface area contributed by atoms with Crippen molar-refractivity contribution in [2.75, 3.05) is 47.5 Å². The first-order valence-electron chi connectivity index (χ1n) is 18.9. The van der Waals surface area contributed by atoms with Crippen LogP contribution in [-0.2, 0) is 30.1 Å². The highest BCUT2D eigenvalue weighted by Gasteiger charge is 2.68. The first-order valence-corrected chi connectivity index (χ1v) is 19.2. The molecular formula is C38H47BClF2N5O11. The molecule has 16 nitrogen and oxygen atoms in total. The van der Waals surface area contributed by atoms with Crippen LogP contribution < -0.4 is 30.6 Å². The highest BCUT2D eigenvalue weighted by atomic mass is 35.5. The molecule has 2 aromatic rings. The van der Waals surface area contributed by atoms with Crippen LogP contribution in [0.25, 0.3) is 0 Å². The Kier molecular flexibility index (Phi) is 12.2. The molecule has 2 aliphatic heterocycles. The maximum Gasteiger partial charge on any atom is 0.482 e. The van der Waals surface area contributed by atoms with E-state index in [1.807, 2.05) is 6.92 Å². The summed E-state index contributed by atoms with van der Waals surface area (Å²) in [6, 6.07) is 0.0826. The number of nitrogens with two attached hydrogens (primary N) is 1. The lowest BCUT2D eigenvalue weighted by Gasteiger charge is -2.64. The van der Waals surface area contributed by atoms with Gasteiger partial charge >= 0.3 is 30.9 Å². The van der Waals surface area contributed by atoms with E-state index >= 15 is 4.39 Å². The van der Waals surface area contributed by atoms with Crippen molar-refractivity contribution in [1.82, 2.24) is 20.4 Å². The van der Waals surface area contributed by atoms with Crippen LogP contribution >= 0.6 is 11.6 Å². The van der Waals surface area contributed by atoms with Crippen LogP contribution in [0.1, 0.15) is 67.6 Å². The molecule has 5 aliphatic rings. The number of nitrogens with zero attached hydrogens (tertiary/aromatic N) is 2. The van der Waals surface area contributed by atoms with E-state index in [1.165, 1.54) is 32.3 Å². The zero-order valence-corrected chi connectivity index (χ0v) is 33.7. The van der Waals surface area contributed by atoms with E-state index in [2.05, 4.69) is 24.5 Å². The smallest absolute Gasteiger partial charge is 0.482 e. The van der Waals surface area contributed by atoms with Crippen LogP contribution in [0.5, 0.6) is 17.2 Å². The maximum absolute atomic E-state index is 15.6. The summed E-state index contributed by atoms with van der Waals surface area (Å²) < 4.78 is 59.5. The van der Waals surface area contributed by atoms with Gasteiger partial charge in [0.15, 0.2) is 17.3 Å². The number of carboxylic acids is 1. The highest BCUT2D eigenvalue weighted by molar-refractivity contribution is 6.48. The number of aromatic carboxylic acids is 1. The number of imide groups is 1. The number of nitrogens with one attached hydrogen (secondary N) is 2. The van der Waals surface area contributed by atoms with Gasteiger partial charge in [0, 0.05) is 25.2 Å². The number of carbonyl (C=O) groups excluding carboxylic acids is 4. The summed E-state index contributed by atoms with van der Waals surface area (Å²) in [6.45, 7) is 6.51. The summed E-state index contributed by atoms with van der Waals surface area (Å²) in [6.07, 6.45) is 1.38. The van der Waals surface area contributed by atoms with Gasteiger partial charge in [-0.15, -0.1) is 0 Å². The number of methoxy groups -OCH3 is 3. The van der Waals surface area contributed by atoms with E-state index in [0.29, 0.717) is 23.7 Å². The monoisotopic (exact) mass is 833 g/mol. The third-order valence-corrected chi connectivity index (χ3v) is 12.7. The van der Waals surface area contributed by atoms with Gasteiger partial charge in [-0.2, -0.15) is 0 Å². The second-order valence-corrected chi connectivity index (χ2v) is 16.1. The molecule has 20 heteroatoms. The predicted molar refractivity (Wildman–Crippen MR) is 203 cm³/mol. The minimum atomic E-state index is -1.87. The van der Waals surface area contributed by atoms with Crippen molar-refractivity contribution in [3.05, 3.63) is 51.5 Å². The largest absolute Gasteiger partial charge is 0.495 e. The number of hydrogen-bond donors (Lipinski definition) is 4. The number of ether oxygens (including phenoxy) is 3. The van der Waals surface area contributed by atoms with Gasteiger partial charge in [0.05, 0.1) is 44.0 Å². The predicted octanol–water partition coefficient (Wildman–Crippen LogP) is 3.11. The number of carbonyl (C=O) groups is 5. The lowest BCUT2D eigenvalue weighted by atomic mass is 9.43. The van der Waals surface area contributed by atoms with E-state index in [4.69, 9.17) is 40.9 Å². The molecule has 7 rings (SSSR count). The number of benzene rings is 2. The molecule has 0 aromatic heterocycles. The molecule has 5 amide bonds. The van der Waals surface area contributed by atoms with E-state index < -0.39 is 77.4 Å². The zero-order valence-electron chi connectivity index (χ0n) is 33.0. The Morgan fingerprint density at radius 1 is 1.02 bits per heavy atom. The van der Waals surface area contributed by atoms with Crippen molar-refractivity contribution in [3.63, 3.8) is 0 Å². The number of piperazine rings is 1. The topological polar surface area (TPSA) is 208 Å². The summed E-state index contributed by atoms with van der Waals surface area (Å²) in [5.41, 5.74) is 3.83. The number of amides is 5. The molecule has 5 fully saturated rings. The Balaban J connectivity index is 1.39. The van der Waals surface area contributed by atoms with Crippen LogP contribution in [0.15, 0.2) is 18.2 Å². The summed E-state index contributed by atoms with van der Waals surface area (Å²) in [7, 11) is 2.36. The molecule has 2 aromatic carbocycles. The van der Waals surface area contributed by atoms with E-state index in [9.17, 15) is 33.5 Å². The van der Waals surface area contributed by atoms with Crippen LogP contribution in [0.4, 0.5) is 13.6 Å². The van der Waals surface area contributed by atoms with Crippen LogP contribution in [0, 0.1) is 28.9 Å². The molecule has 3 aliphatic carbocycles. The van der Waals surface area contributed by atoms with E-state index in [1.54, 1.807) is 0 Å². The molecule has 2 heterocycles. The van der Waals surface area contributed by atoms with Crippen LogP contribution in [0.3, 0.4) is 0 Å². The highest BCUT2D eigenvalue weighted by Crippen LogP contribution is 2.65. The van der Waals surface area contributed by atoms with Crippen molar-refractivity contribution in [2.45, 2.75) is 70.1 Å². The molecule has 0 radical (unpaired) electrons. The lowest BCUT2D eigenvalue weighted by molar-refractivity contribution is -0.199. The molecule has 58 heavy (non-hydrogen) atoms. The lowest BCUT2D eigenvalue weighted by Crippen LogP contribution is -2.65. The molecule has 3 saturated carbocycles. The first-order chi connectivity index (χ1) is 27.4. The quantitative estimate of drug-likeness (QED) is 0.160. The van der Waals surface area contributed by atoms with Crippen molar-refractivity contribution < 1.29 is 61.4 Å². The van der Waals surface area contributed by atoms with Gasteiger partial charge in [0.1, 0.15) is 23.2 Å². The second-order valence-electron chi connectivity index (χ2n) is 15.7. The number of rotatable bonds is 14. The first kappa shape index (κ1) is 42.9. The zero-order chi connectivity index (χ0) is 42.4. The van der Waals surface area contributed by atoms with Gasteiger partial charge in [0.25, 0.3) is 0 Å². The minimum Gasteiger partial charge on any atom is -0.495 e. The number of urea groups is 1. The van der Waals surface area contributed by atoms with Crippen LogP contribution in [0.2, 0.25) is 5.02 Å². The Morgan fingerprint density at radius 3 is 2.33 bits per heavy atom. The summed E-state index contributed by atoms with van der Waals surface area (Å²) >= 11 is 6.72. The molecule has 0 spiro atoms. The van der Waals surface area contributed by atoms with Crippen molar-refractivity contribution >= 4 is 48.4 Å². The molecule has 6 atom stereocenters. The summed E-state index contributed by atoms with van der Waals surface area (Å²) in [4.78, 5) is 68.8. The standard InChI is InChI=1S/C38H47BClF2N5O11/c1-37(2)19-15-23(37)38(3)24(16-19)57-39(58-38)25(14-18-8-9-21(41)26(35(51)52)29(18)54-4)44-32(48)28(20-17-22(42)30(55-5)31(56-6)27(20)40)45-36(53)47-13-12-46(11-7-10-43)33(49)34(47)50/h8-9,17,19,23-25,28H,7,10-16,43H2,1-6H3,(H,44,48)(H,45,53)(H,51,52)/t19-,23-,24+,25?,28?,38-/m0/s1. The molecule has 5 N–H and O–H groups in total. The molecule has 314 valence electrons. The fourth-order valence-electron chi connectivity index (χ4n) is 9.02. The normalized spacial score (nSPS) is 24.4.